The van der Waals surface area contributed by atoms with Gasteiger partial charge in [-0.15, -0.1) is 0 Å². The average Bonchev–Trinajstić information content (AvgIpc) is 2.41. The standard InChI is InChI=1S/C17H34N2/c18-16-12-14-19(15-13-16)17-10-8-6-4-2-1-3-5-7-9-11-17/h16-17H,1-15,18H2. The van der Waals surface area contributed by atoms with Crippen molar-refractivity contribution in [1.29, 1.82) is 0 Å². The molecule has 0 aromatic heterocycles. The van der Waals surface area contributed by atoms with Crippen LogP contribution in [-0.4, -0.2) is 30.1 Å². The summed E-state index contributed by atoms with van der Waals surface area (Å²) >= 11 is 0. The van der Waals surface area contributed by atoms with Gasteiger partial charge in [0.2, 0.25) is 0 Å². The average molecular weight is 266 g/mol. The van der Waals surface area contributed by atoms with E-state index in [0.29, 0.717) is 6.04 Å². The molecular weight excluding hydrogens is 232 g/mol. The Morgan fingerprint density at radius 2 is 1.00 bits per heavy atom. The second-order valence-corrected chi connectivity index (χ2v) is 6.79. The highest BCUT2D eigenvalue weighted by Crippen LogP contribution is 2.22. The molecule has 1 heterocycles. The third-order valence-corrected chi connectivity index (χ3v) is 5.17. The van der Waals surface area contributed by atoms with Gasteiger partial charge in [-0.1, -0.05) is 57.8 Å². The van der Waals surface area contributed by atoms with Crippen LogP contribution in [0.15, 0.2) is 0 Å². The molecule has 2 nitrogen and oxygen atoms in total. The first-order chi connectivity index (χ1) is 9.36. The van der Waals surface area contributed by atoms with Crippen molar-refractivity contribution < 1.29 is 0 Å². The molecule has 0 atom stereocenters. The van der Waals surface area contributed by atoms with Crippen LogP contribution in [0, 0.1) is 0 Å². The van der Waals surface area contributed by atoms with Crippen molar-refractivity contribution in [2.45, 2.75) is 95.6 Å². The van der Waals surface area contributed by atoms with Gasteiger partial charge >= 0.3 is 0 Å². The van der Waals surface area contributed by atoms with Gasteiger partial charge < -0.3 is 10.6 Å². The summed E-state index contributed by atoms with van der Waals surface area (Å²) < 4.78 is 0. The lowest BCUT2D eigenvalue weighted by molar-refractivity contribution is 0.133. The monoisotopic (exact) mass is 266 g/mol. The first-order valence-electron chi connectivity index (χ1n) is 8.86. The predicted molar refractivity (Wildman–Crippen MR) is 83.4 cm³/mol. The predicted octanol–water partition coefficient (Wildman–Crippen LogP) is 4.08. The second kappa shape index (κ2) is 8.97. The van der Waals surface area contributed by atoms with Gasteiger partial charge in [0.25, 0.3) is 0 Å². The zero-order valence-electron chi connectivity index (χ0n) is 12.8. The summed E-state index contributed by atoms with van der Waals surface area (Å²) in [5.41, 5.74) is 6.04. The molecule has 0 aromatic carbocycles. The van der Waals surface area contributed by atoms with Gasteiger partial charge in [0.1, 0.15) is 0 Å². The molecule has 112 valence electrons. The van der Waals surface area contributed by atoms with Crippen LogP contribution in [0.25, 0.3) is 0 Å². The van der Waals surface area contributed by atoms with Crippen molar-refractivity contribution in [2.24, 2.45) is 5.73 Å². The van der Waals surface area contributed by atoms with E-state index in [1.807, 2.05) is 0 Å². The van der Waals surface area contributed by atoms with Gasteiger partial charge in [0, 0.05) is 12.1 Å². The highest BCUT2D eigenvalue weighted by molar-refractivity contribution is 4.80. The zero-order valence-corrected chi connectivity index (χ0v) is 12.8. The molecule has 0 spiro atoms. The summed E-state index contributed by atoms with van der Waals surface area (Å²) in [7, 11) is 0. The van der Waals surface area contributed by atoms with Crippen LogP contribution >= 0.6 is 0 Å². The van der Waals surface area contributed by atoms with Gasteiger partial charge in [0.05, 0.1) is 0 Å². The Bertz CT molecular complexity index is 209. The van der Waals surface area contributed by atoms with E-state index in [4.69, 9.17) is 5.73 Å². The molecule has 2 fully saturated rings. The molecule has 0 radical (unpaired) electrons. The lowest BCUT2D eigenvalue weighted by Crippen LogP contribution is -2.45. The van der Waals surface area contributed by atoms with Crippen LogP contribution in [-0.2, 0) is 0 Å². The lowest BCUT2D eigenvalue weighted by atomic mass is 9.95. The maximum atomic E-state index is 6.04. The molecule has 19 heavy (non-hydrogen) atoms. The van der Waals surface area contributed by atoms with E-state index in [1.54, 1.807) is 0 Å². The number of hydrogen-bond acceptors (Lipinski definition) is 2. The molecule has 2 N–H and O–H groups in total. The maximum Gasteiger partial charge on any atom is 0.00952 e. The molecule has 1 aliphatic heterocycles. The highest BCUT2D eigenvalue weighted by atomic mass is 15.2. The summed E-state index contributed by atoms with van der Waals surface area (Å²) in [6, 6.07) is 1.34. The summed E-state index contributed by atoms with van der Waals surface area (Å²) in [6.07, 6.45) is 18.5. The summed E-state index contributed by atoms with van der Waals surface area (Å²) in [5.74, 6) is 0. The first-order valence-corrected chi connectivity index (χ1v) is 8.86. The van der Waals surface area contributed by atoms with Gasteiger partial charge in [0.15, 0.2) is 0 Å². The van der Waals surface area contributed by atoms with Gasteiger partial charge in [-0.05, 0) is 38.8 Å². The van der Waals surface area contributed by atoms with Gasteiger partial charge in [-0.3, -0.25) is 0 Å². The Hall–Kier alpha value is -0.0800. The fourth-order valence-electron chi connectivity index (χ4n) is 3.79. The van der Waals surface area contributed by atoms with E-state index in [0.717, 1.165) is 6.04 Å². The van der Waals surface area contributed by atoms with Crippen molar-refractivity contribution >= 4 is 0 Å². The van der Waals surface area contributed by atoms with E-state index in [9.17, 15) is 0 Å². The number of piperidine rings is 1. The largest absolute Gasteiger partial charge is 0.328 e. The number of likely N-dealkylation sites (tertiary alicyclic amines) is 1. The Labute approximate surface area is 120 Å². The first kappa shape index (κ1) is 15.3. The summed E-state index contributed by atoms with van der Waals surface area (Å²) in [4.78, 5) is 2.76. The second-order valence-electron chi connectivity index (χ2n) is 6.79. The molecule has 1 saturated heterocycles. The molecular formula is C17H34N2. The third-order valence-electron chi connectivity index (χ3n) is 5.17. The molecule has 2 heteroatoms. The topological polar surface area (TPSA) is 29.3 Å². The Morgan fingerprint density at radius 3 is 1.47 bits per heavy atom. The van der Waals surface area contributed by atoms with E-state index in [1.165, 1.54) is 96.6 Å². The molecule has 0 bridgehead atoms. The molecule has 0 aromatic rings. The molecule has 0 unspecified atom stereocenters. The summed E-state index contributed by atoms with van der Waals surface area (Å²) in [5, 5.41) is 0. The number of hydrogen-bond donors (Lipinski definition) is 1. The smallest absolute Gasteiger partial charge is 0.00952 e. The van der Waals surface area contributed by atoms with E-state index >= 15 is 0 Å². The number of nitrogens with zero attached hydrogens (tertiary/aromatic N) is 1. The van der Waals surface area contributed by atoms with Crippen LogP contribution in [0.5, 0.6) is 0 Å². The van der Waals surface area contributed by atoms with Crippen molar-refractivity contribution in [3.8, 4) is 0 Å². The Morgan fingerprint density at radius 1 is 0.579 bits per heavy atom. The molecule has 0 amide bonds. The summed E-state index contributed by atoms with van der Waals surface area (Å²) in [6.45, 7) is 2.51. The SMILES string of the molecule is NC1CCN(C2CCCCCCCCCCC2)CC1. The van der Waals surface area contributed by atoms with E-state index in [-0.39, 0.29) is 0 Å². The highest BCUT2D eigenvalue weighted by Gasteiger charge is 2.22. The molecule has 2 aliphatic rings. The van der Waals surface area contributed by atoms with E-state index in [2.05, 4.69) is 4.90 Å². The van der Waals surface area contributed by atoms with Crippen LogP contribution in [0.3, 0.4) is 0 Å². The number of nitrogens with two attached hydrogens (primary N) is 1. The van der Waals surface area contributed by atoms with Crippen LogP contribution in [0.1, 0.15) is 83.5 Å². The van der Waals surface area contributed by atoms with E-state index < -0.39 is 0 Å². The Kier molecular flexibility index (Phi) is 7.23. The maximum absolute atomic E-state index is 6.04. The quantitative estimate of drug-likeness (QED) is 0.775. The van der Waals surface area contributed by atoms with Gasteiger partial charge in [-0.25, -0.2) is 0 Å². The fraction of sp³-hybridized carbons (Fsp3) is 1.00. The zero-order chi connectivity index (χ0) is 13.3. The number of rotatable bonds is 1. The molecule has 1 aliphatic carbocycles. The van der Waals surface area contributed by atoms with Gasteiger partial charge in [-0.2, -0.15) is 0 Å². The lowest BCUT2D eigenvalue weighted by Gasteiger charge is -2.37. The van der Waals surface area contributed by atoms with Crippen LogP contribution < -0.4 is 5.73 Å². The van der Waals surface area contributed by atoms with Crippen molar-refractivity contribution in [3.05, 3.63) is 0 Å². The minimum Gasteiger partial charge on any atom is -0.328 e. The normalized spacial score (nSPS) is 27.6. The van der Waals surface area contributed by atoms with Crippen molar-refractivity contribution in [1.82, 2.24) is 4.90 Å². The fourth-order valence-corrected chi connectivity index (χ4v) is 3.79. The van der Waals surface area contributed by atoms with Crippen LogP contribution in [0.2, 0.25) is 0 Å². The Balaban J connectivity index is 1.77. The minimum atomic E-state index is 0.475. The van der Waals surface area contributed by atoms with Crippen molar-refractivity contribution in [3.63, 3.8) is 0 Å². The molecule has 2 rings (SSSR count). The third kappa shape index (κ3) is 5.83. The van der Waals surface area contributed by atoms with Crippen LogP contribution in [0.4, 0.5) is 0 Å². The van der Waals surface area contributed by atoms with Crippen molar-refractivity contribution in [2.75, 3.05) is 13.1 Å². The molecule has 1 saturated carbocycles. The minimum absolute atomic E-state index is 0.475.